The van der Waals surface area contributed by atoms with Crippen molar-refractivity contribution in [1.29, 1.82) is 0 Å². The highest BCUT2D eigenvalue weighted by Gasteiger charge is 2.26. The second-order valence-corrected chi connectivity index (χ2v) is 5.19. The third-order valence-electron chi connectivity index (χ3n) is 3.70. The van der Waals surface area contributed by atoms with Crippen LogP contribution >= 0.6 is 0 Å². The maximum atomic E-state index is 12.4. The van der Waals surface area contributed by atoms with Gasteiger partial charge in [0.25, 0.3) is 5.52 Å². The summed E-state index contributed by atoms with van der Waals surface area (Å²) in [6.45, 7) is 0. The molecule has 0 saturated heterocycles. The van der Waals surface area contributed by atoms with Crippen LogP contribution in [0.3, 0.4) is 0 Å². The van der Waals surface area contributed by atoms with E-state index in [2.05, 4.69) is 10.5 Å². The minimum absolute atomic E-state index is 0.0247. The van der Waals surface area contributed by atoms with Gasteiger partial charge in [-0.1, -0.05) is 24.3 Å². The van der Waals surface area contributed by atoms with Crippen LogP contribution in [0, 0.1) is 10.4 Å². The predicted octanol–water partition coefficient (Wildman–Crippen LogP) is 0.0617. The summed E-state index contributed by atoms with van der Waals surface area (Å²) in [6.07, 6.45) is 0.226. The summed E-state index contributed by atoms with van der Waals surface area (Å²) in [6, 6.07) is 12.1. The van der Waals surface area contributed by atoms with Gasteiger partial charge in [-0.15, -0.1) is 10.5 Å². The molecule has 1 heterocycles. The van der Waals surface area contributed by atoms with Gasteiger partial charge in [-0.05, 0) is 23.8 Å². The zero-order valence-electron chi connectivity index (χ0n) is 13.6. The van der Waals surface area contributed by atoms with Crippen LogP contribution in [0.2, 0.25) is 0 Å². The van der Waals surface area contributed by atoms with Crippen LogP contribution in [0.5, 0.6) is 5.75 Å². The van der Waals surface area contributed by atoms with Gasteiger partial charge in [-0.2, -0.15) is 4.73 Å². The first-order valence-corrected chi connectivity index (χ1v) is 7.45. The van der Waals surface area contributed by atoms with E-state index in [-0.39, 0.29) is 22.9 Å². The number of aldehydes is 1. The standard InChI is InChI=1S/C17H14N4O5/c1-26-12-8-6-11(7-9-12)17(23)19-18-16-15(10-22)20(24)13-4-2-3-5-14(13)21(16)25/h2-10,18H,1H3,(H,19,23)/p-1. The lowest BCUT2D eigenvalue weighted by Crippen LogP contribution is -2.44. The van der Waals surface area contributed by atoms with Crippen molar-refractivity contribution in [1.82, 2.24) is 0 Å². The van der Waals surface area contributed by atoms with E-state index in [1.165, 1.54) is 31.4 Å². The molecule has 2 aromatic carbocycles. The zero-order valence-corrected chi connectivity index (χ0v) is 13.6. The van der Waals surface area contributed by atoms with Crippen molar-refractivity contribution in [2.45, 2.75) is 0 Å². The predicted molar refractivity (Wildman–Crippen MR) is 90.4 cm³/mol. The van der Waals surface area contributed by atoms with E-state index in [4.69, 9.17) is 4.74 Å². The number of nitrogens with zero attached hydrogens (tertiary/aromatic N) is 3. The van der Waals surface area contributed by atoms with Gasteiger partial charge in [0.05, 0.1) is 7.11 Å². The quantitative estimate of drug-likeness (QED) is 0.173. The average molecular weight is 353 g/mol. The fraction of sp³-hybridized carbons (Fsp3) is 0.0588. The van der Waals surface area contributed by atoms with Gasteiger partial charge in [0, 0.05) is 12.0 Å². The van der Waals surface area contributed by atoms with E-state index in [0.717, 1.165) is 0 Å². The van der Waals surface area contributed by atoms with E-state index >= 15 is 0 Å². The van der Waals surface area contributed by atoms with E-state index in [0.29, 0.717) is 15.2 Å². The SMILES string of the molecule is COc1ccc(C([O-])=NNc2c(C=O)[n+]([O-])c3ccccc3[n+]2[O-])cc1. The Balaban J connectivity index is 2.02. The van der Waals surface area contributed by atoms with Crippen molar-refractivity contribution in [3.63, 3.8) is 0 Å². The van der Waals surface area contributed by atoms with E-state index in [1.54, 1.807) is 24.3 Å². The molecule has 0 aliphatic heterocycles. The number of benzene rings is 2. The molecule has 1 N–H and O–H groups in total. The molecule has 0 saturated carbocycles. The molecule has 26 heavy (non-hydrogen) atoms. The van der Waals surface area contributed by atoms with E-state index < -0.39 is 17.4 Å². The number of ether oxygens (including phenoxy) is 1. The highest BCUT2D eigenvalue weighted by atomic mass is 16.5. The van der Waals surface area contributed by atoms with Gasteiger partial charge in [-0.3, -0.25) is 4.79 Å². The summed E-state index contributed by atoms with van der Waals surface area (Å²) < 4.78 is 5.66. The summed E-state index contributed by atoms with van der Waals surface area (Å²) in [7, 11) is 1.49. The minimum atomic E-state index is -0.685. The van der Waals surface area contributed by atoms with Crippen LogP contribution in [0.15, 0.2) is 53.6 Å². The van der Waals surface area contributed by atoms with Crippen LogP contribution in [0.25, 0.3) is 11.0 Å². The van der Waals surface area contributed by atoms with Crippen molar-refractivity contribution in [2.75, 3.05) is 12.5 Å². The lowest BCUT2D eigenvalue weighted by atomic mass is 10.2. The van der Waals surface area contributed by atoms with Crippen molar-refractivity contribution in [3.05, 3.63) is 70.2 Å². The molecule has 1 aromatic heterocycles. The number of aromatic nitrogens is 2. The van der Waals surface area contributed by atoms with Crippen LogP contribution in [-0.2, 0) is 0 Å². The maximum Gasteiger partial charge on any atom is 0.381 e. The maximum absolute atomic E-state index is 12.4. The molecule has 9 heteroatoms. The molecule has 0 bridgehead atoms. The van der Waals surface area contributed by atoms with Gasteiger partial charge < -0.3 is 20.3 Å². The molecule has 0 spiro atoms. The Morgan fingerprint density at radius 3 is 2.27 bits per heavy atom. The summed E-state index contributed by atoms with van der Waals surface area (Å²) in [5.74, 6) is -0.553. The van der Waals surface area contributed by atoms with Gasteiger partial charge in [0.1, 0.15) is 5.75 Å². The number of methoxy groups -OCH3 is 1. The Morgan fingerprint density at radius 1 is 1.08 bits per heavy atom. The van der Waals surface area contributed by atoms with Crippen LogP contribution in [-0.4, -0.2) is 19.3 Å². The summed E-state index contributed by atoms with van der Waals surface area (Å²) in [5, 5.41) is 40.4. The number of para-hydroxylation sites is 2. The summed E-state index contributed by atoms with van der Waals surface area (Å²) in [5.41, 5.74) is 2.04. The first kappa shape index (κ1) is 17.0. The monoisotopic (exact) mass is 353 g/mol. The molecule has 0 amide bonds. The molecule has 0 aliphatic rings. The lowest BCUT2D eigenvalue weighted by Gasteiger charge is -2.13. The highest BCUT2D eigenvalue weighted by Crippen LogP contribution is 2.13. The summed E-state index contributed by atoms with van der Waals surface area (Å²) >= 11 is 0. The minimum Gasteiger partial charge on any atom is -0.856 e. The lowest BCUT2D eigenvalue weighted by molar-refractivity contribution is -0.619. The van der Waals surface area contributed by atoms with Crippen molar-refractivity contribution in [3.8, 4) is 5.75 Å². The second-order valence-electron chi connectivity index (χ2n) is 5.19. The highest BCUT2D eigenvalue weighted by molar-refractivity contribution is 5.91. The number of hydrogen-bond donors (Lipinski definition) is 1. The van der Waals surface area contributed by atoms with Gasteiger partial charge in [0.2, 0.25) is 11.8 Å². The molecule has 132 valence electrons. The number of hydrazone groups is 1. The molecule has 0 atom stereocenters. The Kier molecular flexibility index (Phi) is 4.52. The van der Waals surface area contributed by atoms with Gasteiger partial charge >= 0.3 is 11.5 Å². The molecule has 0 radical (unpaired) electrons. The summed E-state index contributed by atoms with van der Waals surface area (Å²) in [4.78, 5) is 11.3. The van der Waals surface area contributed by atoms with Gasteiger partial charge in [0.15, 0.2) is 0 Å². The van der Waals surface area contributed by atoms with Crippen molar-refractivity contribution < 1.29 is 24.1 Å². The number of nitrogens with one attached hydrogen (secondary N) is 1. The molecule has 3 rings (SSSR count). The number of carbonyl (C=O) groups excluding carboxylic acids is 1. The number of fused-ring (bicyclic) bond motifs is 1. The molecule has 0 fully saturated rings. The topological polar surface area (TPSA) is 128 Å². The average Bonchev–Trinajstić information content (AvgIpc) is 2.69. The van der Waals surface area contributed by atoms with E-state index in [9.17, 15) is 20.3 Å². The van der Waals surface area contributed by atoms with Crippen LogP contribution in [0.1, 0.15) is 16.1 Å². The number of carbonyl (C=O) groups is 1. The molecule has 0 aliphatic carbocycles. The fourth-order valence-electron chi connectivity index (χ4n) is 2.37. The molecular formula is C17H13N4O5-. The molecule has 9 nitrogen and oxygen atoms in total. The second kappa shape index (κ2) is 6.93. The zero-order chi connectivity index (χ0) is 18.7. The van der Waals surface area contributed by atoms with Crippen LogP contribution in [0.4, 0.5) is 5.82 Å². The Labute approximate surface area is 147 Å². The molecule has 3 aromatic rings. The van der Waals surface area contributed by atoms with Crippen LogP contribution < -0.4 is 24.7 Å². The smallest absolute Gasteiger partial charge is 0.381 e. The Bertz CT molecular complexity index is 1000. The number of rotatable bonds is 5. The molecular weight excluding hydrogens is 340 g/mol. The third kappa shape index (κ3) is 2.93. The third-order valence-corrected chi connectivity index (χ3v) is 3.70. The largest absolute Gasteiger partial charge is 0.856 e. The Morgan fingerprint density at radius 2 is 1.69 bits per heavy atom. The Hall–Kier alpha value is -3.88. The normalized spacial score (nSPS) is 11.3. The number of anilines is 1. The van der Waals surface area contributed by atoms with Gasteiger partial charge in [-0.25, -0.2) is 4.73 Å². The molecule has 0 unspecified atom stereocenters. The first-order chi connectivity index (χ1) is 12.6. The first-order valence-electron chi connectivity index (χ1n) is 7.45. The van der Waals surface area contributed by atoms with Crippen molar-refractivity contribution >= 4 is 29.0 Å². The van der Waals surface area contributed by atoms with E-state index in [1.807, 2.05) is 0 Å². The number of hydrogen-bond acceptors (Lipinski definition) is 7. The fourth-order valence-corrected chi connectivity index (χ4v) is 2.37. The van der Waals surface area contributed by atoms with Crippen molar-refractivity contribution in [2.24, 2.45) is 5.10 Å².